The Morgan fingerprint density at radius 2 is 1.88 bits per heavy atom. The molecular weight excluding hydrogens is 214 g/mol. The topological polar surface area (TPSA) is 12.9 Å². The van der Waals surface area contributed by atoms with E-state index >= 15 is 0 Å². The van der Waals surface area contributed by atoms with E-state index < -0.39 is 0 Å². The van der Waals surface area contributed by atoms with Crippen molar-refractivity contribution in [2.45, 2.75) is 46.5 Å². The molecule has 2 aromatic rings. The Kier molecular flexibility index (Phi) is 3.29. The van der Waals surface area contributed by atoms with Gasteiger partial charge in [-0.05, 0) is 35.8 Å². The Balaban J connectivity index is 2.80. The molecule has 0 N–H and O–H groups in total. The van der Waals surface area contributed by atoms with Crippen molar-refractivity contribution in [3.05, 3.63) is 28.4 Å². The van der Waals surface area contributed by atoms with Crippen LogP contribution in [-0.2, 0) is 12.8 Å². The maximum atomic E-state index is 4.84. The second-order valence-electron chi connectivity index (χ2n) is 4.44. The first-order valence-corrected chi connectivity index (χ1v) is 6.95. The maximum absolute atomic E-state index is 4.84. The maximum Gasteiger partial charge on any atom is 0.0491 e. The highest BCUT2D eigenvalue weighted by atomic mass is 32.1. The van der Waals surface area contributed by atoms with Gasteiger partial charge in [0, 0.05) is 21.5 Å². The minimum Gasteiger partial charge on any atom is -0.257 e. The molecule has 2 rings (SSSR count). The van der Waals surface area contributed by atoms with E-state index in [2.05, 4.69) is 39.1 Å². The minimum atomic E-state index is 0.564. The van der Waals surface area contributed by atoms with Gasteiger partial charge in [0.05, 0.1) is 0 Å². The highest BCUT2D eigenvalue weighted by molar-refractivity contribution is 7.17. The molecule has 0 aromatic carbocycles. The monoisotopic (exact) mass is 233 g/mol. The number of aromatic nitrogens is 1. The van der Waals surface area contributed by atoms with Crippen molar-refractivity contribution in [1.29, 1.82) is 0 Å². The Bertz CT molecular complexity index is 497. The average Bonchev–Trinajstić information content (AvgIpc) is 2.74. The molecule has 0 saturated carbocycles. The normalized spacial score (nSPS) is 11.6. The zero-order chi connectivity index (χ0) is 11.7. The van der Waals surface area contributed by atoms with E-state index in [1.54, 1.807) is 0 Å². The van der Waals surface area contributed by atoms with Gasteiger partial charge in [-0.2, -0.15) is 0 Å². The molecule has 0 amide bonds. The van der Waals surface area contributed by atoms with E-state index in [0.717, 1.165) is 12.8 Å². The van der Waals surface area contributed by atoms with Gasteiger partial charge in [-0.3, -0.25) is 4.98 Å². The van der Waals surface area contributed by atoms with Crippen LogP contribution in [0, 0.1) is 0 Å². The third-order valence-electron chi connectivity index (χ3n) is 3.05. The van der Waals surface area contributed by atoms with Crippen LogP contribution in [0.15, 0.2) is 11.4 Å². The Hall–Kier alpha value is -0.890. The lowest BCUT2D eigenvalue weighted by Gasteiger charge is -2.14. The predicted octanol–water partition coefficient (Wildman–Crippen LogP) is 4.54. The van der Waals surface area contributed by atoms with E-state index in [9.17, 15) is 0 Å². The summed E-state index contributed by atoms with van der Waals surface area (Å²) >= 11 is 1.86. The van der Waals surface area contributed by atoms with Crippen molar-refractivity contribution in [1.82, 2.24) is 4.98 Å². The quantitative estimate of drug-likeness (QED) is 0.758. The standard InChI is InChI=1S/C14H19NS/c1-5-11-10-7-8-16-14(10)13(9(3)4)12(6-2)15-11/h7-9H,5-6H2,1-4H3. The molecule has 2 heterocycles. The highest BCUT2D eigenvalue weighted by Crippen LogP contribution is 2.34. The summed E-state index contributed by atoms with van der Waals surface area (Å²) in [6.07, 6.45) is 2.06. The fraction of sp³-hybridized carbons (Fsp3) is 0.500. The molecule has 86 valence electrons. The number of fused-ring (bicyclic) bond motifs is 1. The Morgan fingerprint density at radius 3 is 2.44 bits per heavy atom. The van der Waals surface area contributed by atoms with E-state index in [-0.39, 0.29) is 0 Å². The van der Waals surface area contributed by atoms with Gasteiger partial charge < -0.3 is 0 Å². The van der Waals surface area contributed by atoms with Gasteiger partial charge in [-0.25, -0.2) is 0 Å². The lowest BCUT2D eigenvalue weighted by molar-refractivity contribution is 0.829. The molecular formula is C14H19NS. The number of thiophene rings is 1. The third-order valence-corrected chi connectivity index (χ3v) is 4.00. The fourth-order valence-electron chi connectivity index (χ4n) is 2.29. The van der Waals surface area contributed by atoms with Crippen molar-refractivity contribution in [3.8, 4) is 0 Å². The van der Waals surface area contributed by atoms with Crippen molar-refractivity contribution >= 4 is 21.4 Å². The van der Waals surface area contributed by atoms with Gasteiger partial charge in [-0.15, -0.1) is 11.3 Å². The summed E-state index contributed by atoms with van der Waals surface area (Å²) in [6, 6.07) is 2.22. The average molecular weight is 233 g/mol. The molecule has 16 heavy (non-hydrogen) atoms. The third kappa shape index (κ3) is 1.75. The van der Waals surface area contributed by atoms with Crippen molar-refractivity contribution in [2.75, 3.05) is 0 Å². The second kappa shape index (κ2) is 4.54. The van der Waals surface area contributed by atoms with Crippen LogP contribution in [0.5, 0.6) is 0 Å². The number of hydrogen-bond acceptors (Lipinski definition) is 2. The molecule has 0 aliphatic heterocycles. The summed E-state index contributed by atoms with van der Waals surface area (Å²) in [7, 11) is 0. The Morgan fingerprint density at radius 1 is 1.19 bits per heavy atom. The van der Waals surface area contributed by atoms with Gasteiger partial charge in [0.15, 0.2) is 0 Å². The number of aryl methyl sites for hydroxylation is 2. The molecule has 0 aliphatic rings. The van der Waals surface area contributed by atoms with Crippen molar-refractivity contribution in [3.63, 3.8) is 0 Å². The van der Waals surface area contributed by atoms with E-state index in [0.29, 0.717) is 5.92 Å². The molecule has 2 aromatic heterocycles. The molecule has 0 bridgehead atoms. The van der Waals surface area contributed by atoms with Crippen LogP contribution in [0.4, 0.5) is 0 Å². The molecule has 2 heteroatoms. The van der Waals surface area contributed by atoms with E-state index in [1.165, 1.54) is 27.0 Å². The largest absolute Gasteiger partial charge is 0.257 e. The smallest absolute Gasteiger partial charge is 0.0491 e. The summed E-state index contributed by atoms with van der Waals surface area (Å²) in [4.78, 5) is 4.84. The number of hydrogen-bond donors (Lipinski definition) is 0. The number of rotatable bonds is 3. The zero-order valence-corrected chi connectivity index (χ0v) is 11.3. The summed E-state index contributed by atoms with van der Waals surface area (Å²) in [5, 5.41) is 3.56. The summed E-state index contributed by atoms with van der Waals surface area (Å²) in [5.41, 5.74) is 4.02. The van der Waals surface area contributed by atoms with Gasteiger partial charge in [0.1, 0.15) is 0 Å². The molecule has 1 nitrogen and oxygen atoms in total. The molecule has 0 fully saturated rings. The van der Waals surface area contributed by atoms with Gasteiger partial charge in [0.25, 0.3) is 0 Å². The minimum absolute atomic E-state index is 0.564. The van der Waals surface area contributed by atoms with Crippen LogP contribution < -0.4 is 0 Å². The van der Waals surface area contributed by atoms with Gasteiger partial charge in [-0.1, -0.05) is 27.7 Å². The summed E-state index contributed by atoms with van der Waals surface area (Å²) < 4.78 is 1.46. The fourth-order valence-corrected chi connectivity index (χ4v) is 3.43. The highest BCUT2D eigenvalue weighted by Gasteiger charge is 2.15. The summed E-state index contributed by atoms with van der Waals surface area (Å²) in [6.45, 7) is 8.92. The lowest BCUT2D eigenvalue weighted by atomic mass is 9.97. The van der Waals surface area contributed by atoms with E-state index in [1.807, 2.05) is 11.3 Å². The molecule has 0 atom stereocenters. The second-order valence-corrected chi connectivity index (χ2v) is 5.36. The molecule has 0 spiro atoms. The molecule has 0 saturated heterocycles. The SMILES string of the molecule is CCc1nc(CC)c2ccsc2c1C(C)C. The van der Waals surface area contributed by atoms with Crippen LogP contribution in [0.25, 0.3) is 10.1 Å². The first kappa shape index (κ1) is 11.6. The molecule has 0 radical (unpaired) electrons. The summed E-state index contributed by atoms with van der Waals surface area (Å²) in [5.74, 6) is 0.564. The number of pyridine rings is 1. The molecule has 0 unspecified atom stereocenters. The van der Waals surface area contributed by atoms with Gasteiger partial charge in [0.2, 0.25) is 0 Å². The predicted molar refractivity (Wildman–Crippen MR) is 72.5 cm³/mol. The first-order valence-electron chi connectivity index (χ1n) is 6.07. The van der Waals surface area contributed by atoms with Crippen LogP contribution in [-0.4, -0.2) is 4.98 Å². The van der Waals surface area contributed by atoms with Crippen LogP contribution in [0.1, 0.15) is 50.6 Å². The lowest BCUT2D eigenvalue weighted by Crippen LogP contribution is -2.02. The zero-order valence-electron chi connectivity index (χ0n) is 10.5. The molecule has 0 aliphatic carbocycles. The van der Waals surface area contributed by atoms with Gasteiger partial charge >= 0.3 is 0 Å². The number of nitrogens with zero attached hydrogens (tertiary/aromatic N) is 1. The van der Waals surface area contributed by atoms with E-state index in [4.69, 9.17) is 4.98 Å². The Labute approximate surface area is 102 Å². The van der Waals surface area contributed by atoms with Crippen LogP contribution >= 0.6 is 11.3 Å². The van der Waals surface area contributed by atoms with Crippen molar-refractivity contribution < 1.29 is 0 Å². The van der Waals surface area contributed by atoms with Crippen LogP contribution in [0.3, 0.4) is 0 Å². The van der Waals surface area contributed by atoms with Crippen molar-refractivity contribution in [2.24, 2.45) is 0 Å². The van der Waals surface area contributed by atoms with Crippen LogP contribution in [0.2, 0.25) is 0 Å². The first-order chi connectivity index (χ1) is 7.69.